The molecule has 4 heteroatoms. The number of nitrogens with one attached hydrogen (secondary N) is 1. The van der Waals surface area contributed by atoms with Crippen LogP contribution in [0.3, 0.4) is 0 Å². The molecule has 0 radical (unpaired) electrons. The number of hydrogen-bond acceptors (Lipinski definition) is 3. The first-order chi connectivity index (χ1) is 8.99. The van der Waals surface area contributed by atoms with Crippen molar-refractivity contribution in [2.24, 2.45) is 5.92 Å². The van der Waals surface area contributed by atoms with E-state index in [4.69, 9.17) is 10.8 Å². The smallest absolute Gasteiger partial charge is 0.251 e. The molecule has 0 aromatic heterocycles. The van der Waals surface area contributed by atoms with Crippen LogP contribution in [0.25, 0.3) is 0 Å². The summed E-state index contributed by atoms with van der Waals surface area (Å²) in [6.07, 6.45) is 1.65. The van der Waals surface area contributed by atoms with E-state index >= 15 is 0 Å². The van der Waals surface area contributed by atoms with Crippen molar-refractivity contribution in [3.8, 4) is 0 Å². The Morgan fingerprint density at radius 2 is 2.05 bits per heavy atom. The van der Waals surface area contributed by atoms with Crippen molar-refractivity contribution in [2.75, 3.05) is 18.9 Å². The number of nitrogen functional groups attached to an aromatic ring is 1. The predicted molar refractivity (Wildman–Crippen MR) is 78.1 cm³/mol. The van der Waals surface area contributed by atoms with E-state index in [1.165, 1.54) is 0 Å². The lowest BCUT2D eigenvalue weighted by molar-refractivity contribution is 0.0943. The van der Waals surface area contributed by atoms with E-state index in [0.29, 0.717) is 30.1 Å². The highest BCUT2D eigenvalue weighted by molar-refractivity contribution is 5.96. The third-order valence-electron chi connectivity index (χ3n) is 3.52. The predicted octanol–water partition coefficient (Wildman–Crippen LogP) is 2.02. The summed E-state index contributed by atoms with van der Waals surface area (Å²) in [7, 11) is 0. The first-order valence-electron chi connectivity index (χ1n) is 6.75. The number of aliphatic hydroxyl groups is 1. The Balaban J connectivity index is 2.70. The van der Waals surface area contributed by atoms with Gasteiger partial charge in [-0.25, -0.2) is 0 Å². The van der Waals surface area contributed by atoms with Gasteiger partial charge in [-0.3, -0.25) is 4.79 Å². The van der Waals surface area contributed by atoms with Gasteiger partial charge in [0.1, 0.15) is 0 Å². The molecule has 4 N–H and O–H groups in total. The molecule has 1 atom stereocenters. The van der Waals surface area contributed by atoms with E-state index in [9.17, 15) is 4.79 Å². The molecule has 4 nitrogen and oxygen atoms in total. The Hall–Kier alpha value is -1.55. The number of amides is 1. The van der Waals surface area contributed by atoms with Crippen LogP contribution in [-0.4, -0.2) is 24.2 Å². The SMILES string of the molecule is CCC(CCO)CNC(=O)c1cc(N)c(C)cc1C. The monoisotopic (exact) mass is 264 g/mol. The molecular formula is C15H24N2O2. The number of carbonyl (C=O) groups excluding carboxylic acids is 1. The average Bonchev–Trinajstić information content (AvgIpc) is 2.38. The Bertz CT molecular complexity index is 444. The van der Waals surface area contributed by atoms with E-state index in [2.05, 4.69) is 12.2 Å². The molecule has 0 aliphatic heterocycles. The Morgan fingerprint density at radius 3 is 2.63 bits per heavy atom. The van der Waals surface area contributed by atoms with Crippen LogP contribution in [0.2, 0.25) is 0 Å². The maximum Gasteiger partial charge on any atom is 0.251 e. The van der Waals surface area contributed by atoms with Gasteiger partial charge in [-0.2, -0.15) is 0 Å². The van der Waals surface area contributed by atoms with E-state index in [0.717, 1.165) is 17.5 Å². The lowest BCUT2D eigenvalue weighted by Gasteiger charge is -2.15. The van der Waals surface area contributed by atoms with Gasteiger partial charge < -0.3 is 16.2 Å². The fraction of sp³-hybridized carbons (Fsp3) is 0.533. The quantitative estimate of drug-likeness (QED) is 0.688. The number of carbonyl (C=O) groups is 1. The number of benzene rings is 1. The molecule has 0 aliphatic carbocycles. The first kappa shape index (κ1) is 15.5. The number of aliphatic hydroxyl groups excluding tert-OH is 1. The van der Waals surface area contributed by atoms with Gasteiger partial charge in [0, 0.05) is 24.4 Å². The van der Waals surface area contributed by atoms with E-state index in [1.807, 2.05) is 19.9 Å². The summed E-state index contributed by atoms with van der Waals surface area (Å²) in [5.74, 6) is 0.220. The van der Waals surface area contributed by atoms with Gasteiger partial charge in [-0.05, 0) is 43.4 Å². The van der Waals surface area contributed by atoms with Crippen molar-refractivity contribution in [1.82, 2.24) is 5.32 Å². The summed E-state index contributed by atoms with van der Waals surface area (Å²) >= 11 is 0. The zero-order chi connectivity index (χ0) is 14.4. The normalized spacial score (nSPS) is 12.2. The van der Waals surface area contributed by atoms with Crippen LogP contribution in [0.1, 0.15) is 41.3 Å². The maximum atomic E-state index is 12.1. The second-order valence-corrected chi connectivity index (χ2v) is 5.02. The molecular weight excluding hydrogens is 240 g/mol. The lowest BCUT2D eigenvalue weighted by atomic mass is 10.0. The lowest BCUT2D eigenvalue weighted by Crippen LogP contribution is -2.30. The maximum absolute atomic E-state index is 12.1. The first-order valence-corrected chi connectivity index (χ1v) is 6.75. The van der Waals surface area contributed by atoms with E-state index in [1.54, 1.807) is 6.07 Å². The van der Waals surface area contributed by atoms with Crippen molar-refractivity contribution in [3.63, 3.8) is 0 Å². The molecule has 0 saturated heterocycles. The summed E-state index contributed by atoms with van der Waals surface area (Å²) in [6, 6.07) is 3.66. The fourth-order valence-corrected chi connectivity index (χ4v) is 2.08. The molecule has 0 fully saturated rings. The molecule has 1 amide bonds. The van der Waals surface area contributed by atoms with E-state index in [-0.39, 0.29) is 12.5 Å². The third kappa shape index (κ3) is 4.24. The molecule has 0 spiro atoms. The average molecular weight is 264 g/mol. The Kier molecular flexibility index (Phi) is 5.83. The van der Waals surface area contributed by atoms with Crippen LogP contribution in [0.15, 0.2) is 12.1 Å². The second-order valence-electron chi connectivity index (χ2n) is 5.02. The van der Waals surface area contributed by atoms with Crippen molar-refractivity contribution in [1.29, 1.82) is 0 Å². The summed E-state index contributed by atoms with van der Waals surface area (Å²) in [5, 5.41) is 11.8. The van der Waals surface area contributed by atoms with Gasteiger partial charge >= 0.3 is 0 Å². The van der Waals surface area contributed by atoms with E-state index < -0.39 is 0 Å². The van der Waals surface area contributed by atoms with Crippen LogP contribution < -0.4 is 11.1 Å². The standard InChI is InChI=1S/C15H24N2O2/c1-4-12(5-6-18)9-17-15(19)13-8-14(16)11(3)7-10(13)2/h7-8,12,18H,4-6,9,16H2,1-3H3,(H,17,19). The van der Waals surface area contributed by atoms with Gasteiger partial charge in [-0.1, -0.05) is 19.4 Å². The minimum Gasteiger partial charge on any atom is -0.398 e. The Morgan fingerprint density at radius 1 is 1.37 bits per heavy atom. The highest BCUT2D eigenvalue weighted by atomic mass is 16.3. The van der Waals surface area contributed by atoms with Crippen LogP contribution >= 0.6 is 0 Å². The minimum atomic E-state index is -0.0967. The number of rotatable bonds is 6. The van der Waals surface area contributed by atoms with Crippen molar-refractivity contribution in [3.05, 3.63) is 28.8 Å². The number of nitrogens with two attached hydrogens (primary N) is 1. The molecule has 0 heterocycles. The van der Waals surface area contributed by atoms with Gasteiger partial charge in [0.25, 0.3) is 5.91 Å². The molecule has 0 aliphatic rings. The third-order valence-corrected chi connectivity index (χ3v) is 3.52. The van der Waals surface area contributed by atoms with Crippen LogP contribution in [-0.2, 0) is 0 Å². The molecule has 106 valence electrons. The zero-order valence-electron chi connectivity index (χ0n) is 12.0. The number of hydrogen-bond donors (Lipinski definition) is 3. The number of anilines is 1. The summed E-state index contributed by atoms with van der Waals surface area (Å²) in [6.45, 7) is 6.64. The zero-order valence-corrected chi connectivity index (χ0v) is 12.0. The molecule has 0 saturated carbocycles. The van der Waals surface area contributed by atoms with Crippen LogP contribution in [0.5, 0.6) is 0 Å². The second kappa shape index (κ2) is 7.14. The largest absolute Gasteiger partial charge is 0.398 e. The van der Waals surface area contributed by atoms with Crippen molar-refractivity contribution < 1.29 is 9.90 Å². The van der Waals surface area contributed by atoms with Gasteiger partial charge in [0.2, 0.25) is 0 Å². The summed E-state index contributed by atoms with van der Waals surface area (Å²) in [5.41, 5.74) is 9.02. The van der Waals surface area contributed by atoms with Gasteiger partial charge in [0.05, 0.1) is 0 Å². The van der Waals surface area contributed by atoms with Crippen LogP contribution in [0.4, 0.5) is 5.69 Å². The summed E-state index contributed by atoms with van der Waals surface area (Å²) in [4.78, 5) is 12.1. The molecule has 1 aromatic carbocycles. The molecule has 1 aromatic rings. The molecule has 1 rings (SSSR count). The van der Waals surface area contributed by atoms with Gasteiger partial charge in [-0.15, -0.1) is 0 Å². The molecule has 0 bridgehead atoms. The number of aryl methyl sites for hydroxylation is 2. The topological polar surface area (TPSA) is 75.3 Å². The van der Waals surface area contributed by atoms with Crippen LogP contribution in [0, 0.1) is 19.8 Å². The summed E-state index contributed by atoms with van der Waals surface area (Å²) < 4.78 is 0. The van der Waals surface area contributed by atoms with Crippen molar-refractivity contribution in [2.45, 2.75) is 33.6 Å². The fourth-order valence-electron chi connectivity index (χ4n) is 2.08. The molecule has 19 heavy (non-hydrogen) atoms. The van der Waals surface area contributed by atoms with Gasteiger partial charge in [0.15, 0.2) is 0 Å². The highest BCUT2D eigenvalue weighted by Gasteiger charge is 2.13. The molecule has 1 unspecified atom stereocenters. The van der Waals surface area contributed by atoms with Crippen molar-refractivity contribution >= 4 is 11.6 Å². The highest BCUT2D eigenvalue weighted by Crippen LogP contribution is 2.18. The minimum absolute atomic E-state index is 0.0967. The Labute approximate surface area is 115 Å².